The minimum absolute atomic E-state index is 0.0257. The van der Waals surface area contributed by atoms with Crippen LogP contribution in [0.25, 0.3) is 0 Å². The number of nitrogens with one attached hydrogen (secondary N) is 2. The number of benzene rings is 2. The largest absolute Gasteiger partial charge is 0.326 e. The molecular formula is C21H24N2O3S. The minimum atomic E-state index is -3.60. The zero-order valence-electron chi connectivity index (χ0n) is 15.2. The van der Waals surface area contributed by atoms with Crippen molar-refractivity contribution < 1.29 is 13.2 Å². The number of hydrogen-bond acceptors (Lipinski definition) is 3. The van der Waals surface area contributed by atoms with Crippen LogP contribution in [-0.2, 0) is 26.7 Å². The first-order valence-corrected chi connectivity index (χ1v) is 10.9. The van der Waals surface area contributed by atoms with Crippen molar-refractivity contribution in [3.8, 4) is 0 Å². The second kappa shape index (κ2) is 7.09. The van der Waals surface area contributed by atoms with Gasteiger partial charge in [0.25, 0.3) is 0 Å². The van der Waals surface area contributed by atoms with Crippen molar-refractivity contribution in [1.29, 1.82) is 0 Å². The molecule has 1 aliphatic heterocycles. The van der Waals surface area contributed by atoms with E-state index in [9.17, 15) is 13.2 Å². The number of sulfonamides is 1. The Hall–Kier alpha value is -2.18. The first-order valence-electron chi connectivity index (χ1n) is 9.47. The molecule has 0 aromatic heterocycles. The van der Waals surface area contributed by atoms with Crippen molar-refractivity contribution in [1.82, 2.24) is 4.72 Å². The lowest BCUT2D eigenvalue weighted by atomic mass is 9.79. The fourth-order valence-electron chi connectivity index (χ4n) is 4.25. The van der Waals surface area contributed by atoms with Crippen LogP contribution >= 0.6 is 0 Å². The third kappa shape index (κ3) is 3.64. The van der Waals surface area contributed by atoms with Gasteiger partial charge in [0.05, 0.1) is 4.90 Å². The lowest BCUT2D eigenvalue weighted by molar-refractivity contribution is -0.116. The predicted molar refractivity (Wildman–Crippen MR) is 105 cm³/mol. The van der Waals surface area contributed by atoms with Gasteiger partial charge >= 0.3 is 0 Å². The summed E-state index contributed by atoms with van der Waals surface area (Å²) in [5.74, 6) is -0.0257. The van der Waals surface area contributed by atoms with Crippen LogP contribution in [0.3, 0.4) is 0 Å². The highest BCUT2D eigenvalue weighted by Gasteiger charge is 2.36. The number of hydrogen-bond donors (Lipinski definition) is 2. The molecule has 2 aromatic rings. The van der Waals surface area contributed by atoms with Gasteiger partial charge < -0.3 is 5.32 Å². The van der Waals surface area contributed by atoms with Gasteiger partial charge in [-0.05, 0) is 48.6 Å². The molecule has 0 bridgehead atoms. The molecule has 2 aromatic carbocycles. The fraction of sp³-hybridized carbons (Fsp3) is 0.381. The summed E-state index contributed by atoms with van der Waals surface area (Å²) in [5.41, 5.74) is 2.66. The zero-order chi connectivity index (χ0) is 18.9. The van der Waals surface area contributed by atoms with Gasteiger partial charge in [-0.15, -0.1) is 0 Å². The summed E-state index contributed by atoms with van der Waals surface area (Å²) in [5, 5.41) is 2.79. The van der Waals surface area contributed by atoms with Crippen molar-refractivity contribution in [2.75, 3.05) is 11.9 Å². The van der Waals surface area contributed by atoms with Crippen LogP contribution in [0, 0.1) is 0 Å². The SMILES string of the molecule is O=C1CCc2cc(S(=O)(=O)NCC3(c4ccccc4)CCCC3)ccc2N1. The number of anilines is 1. The molecule has 2 aliphatic rings. The smallest absolute Gasteiger partial charge is 0.240 e. The van der Waals surface area contributed by atoms with Crippen molar-refractivity contribution in [2.45, 2.75) is 48.8 Å². The molecule has 142 valence electrons. The maximum atomic E-state index is 12.9. The molecule has 6 heteroatoms. The van der Waals surface area contributed by atoms with Gasteiger partial charge in [0.2, 0.25) is 15.9 Å². The van der Waals surface area contributed by atoms with Crippen molar-refractivity contribution in [3.05, 3.63) is 59.7 Å². The number of rotatable bonds is 5. The number of carbonyl (C=O) groups excluding carboxylic acids is 1. The van der Waals surface area contributed by atoms with Crippen LogP contribution < -0.4 is 10.0 Å². The first kappa shape index (κ1) is 18.2. The highest BCUT2D eigenvalue weighted by molar-refractivity contribution is 7.89. The molecule has 0 unspecified atom stereocenters. The Bertz CT molecular complexity index is 949. The monoisotopic (exact) mass is 384 g/mol. The van der Waals surface area contributed by atoms with Crippen LogP contribution in [-0.4, -0.2) is 20.9 Å². The van der Waals surface area contributed by atoms with Gasteiger partial charge in [0.1, 0.15) is 0 Å². The van der Waals surface area contributed by atoms with Gasteiger partial charge in [-0.1, -0.05) is 43.2 Å². The Balaban J connectivity index is 1.56. The minimum Gasteiger partial charge on any atom is -0.326 e. The number of amides is 1. The molecule has 1 heterocycles. The highest BCUT2D eigenvalue weighted by Crippen LogP contribution is 2.40. The Kier molecular flexibility index (Phi) is 4.78. The summed E-state index contributed by atoms with van der Waals surface area (Å²) in [4.78, 5) is 11.7. The molecule has 0 radical (unpaired) electrons. The van der Waals surface area contributed by atoms with Crippen LogP contribution in [0.1, 0.15) is 43.2 Å². The van der Waals surface area contributed by atoms with Gasteiger partial charge in [-0.3, -0.25) is 4.79 Å². The Morgan fingerprint density at radius 2 is 1.74 bits per heavy atom. The topological polar surface area (TPSA) is 75.3 Å². The summed E-state index contributed by atoms with van der Waals surface area (Å²) in [6.45, 7) is 0.410. The summed E-state index contributed by atoms with van der Waals surface area (Å²) >= 11 is 0. The van der Waals surface area contributed by atoms with Gasteiger partial charge in [-0.25, -0.2) is 13.1 Å². The predicted octanol–water partition coefficient (Wildman–Crippen LogP) is 3.36. The van der Waals surface area contributed by atoms with Crippen LogP contribution in [0.15, 0.2) is 53.4 Å². The second-order valence-corrected chi connectivity index (χ2v) is 9.31. The lowest BCUT2D eigenvalue weighted by Gasteiger charge is -2.30. The third-order valence-electron chi connectivity index (χ3n) is 5.83. The standard InChI is InChI=1S/C21H24N2O3S/c24-20-11-8-16-14-18(9-10-19(16)23-20)27(25,26)22-15-21(12-4-5-13-21)17-6-2-1-3-7-17/h1-3,6-7,9-10,14,22H,4-5,8,11-13,15H2,(H,23,24). The Morgan fingerprint density at radius 3 is 2.48 bits per heavy atom. The number of fused-ring (bicyclic) bond motifs is 1. The average Bonchev–Trinajstić information content (AvgIpc) is 3.17. The Labute approximate surface area is 160 Å². The van der Waals surface area contributed by atoms with Gasteiger partial charge in [0.15, 0.2) is 0 Å². The molecule has 1 saturated carbocycles. The lowest BCUT2D eigenvalue weighted by Crippen LogP contribution is -2.39. The molecule has 1 amide bonds. The van der Waals surface area contributed by atoms with E-state index in [-0.39, 0.29) is 16.2 Å². The summed E-state index contributed by atoms with van der Waals surface area (Å²) in [6, 6.07) is 15.1. The average molecular weight is 385 g/mol. The van der Waals surface area contributed by atoms with E-state index in [0.29, 0.717) is 25.1 Å². The van der Waals surface area contributed by atoms with Crippen LogP contribution in [0.2, 0.25) is 0 Å². The fourth-order valence-corrected chi connectivity index (χ4v) is 5.43. The molecule has 0 saturated heterocycles. The quantitative estimate of drug-likeness (QED) is 0.830. The maximum absolute atomic E-state index is 12.9. The zero-order valence-corrected chi connectivity index (χ0v) is 16.0. The summed E-state index contributed by atoms with van der Waals surface area (Å²) < 4.78 is 28.7. The molecule has 0 atom stereocenters. The van der Waals surface area contributed by atoms with E-state index in [1.165, 1.54) is 5.56 Å². The molecule has 1 fully saturated rings. The van der Waals surface area contributed by atoms with Gasteiger partial charge in [0, 0.05) is 24.1 Å². The molecule has 0 spiro atoms. The summed E-state index contributed by atoms with van der Waals surface area (Å²) in [7, 11) is -3.60. The van der Waals surface area contributed by atoms with Gasteiger partial charge in [-0.2, -0.15) is 0 Å². The number of carbonyl (C=O) groups is 1. The van der Waals surface area contributed by atoms with Crippen molar-refractivity contribution >= 4 is 21.6 Å². The van der Waals surface area contributed by atoms with Crippen LogP contribution in [0.5, 0.6) is 0 Å². The molecule has 4 rings (SSSR count). The van der Waals surface area contributed by atoms with E-state index < -0.39 is 10.0 Å². The first-order chi connectivity index (χ1) is 13.0. The third-order valence-corrected chi connectivity index (χ3v) is 7.23. The van der Waals surface area contributed by atoms with E-state index >= 15 is 0 Å². The highest BCUT2D eigenvalue weighted by atomic mass is 32.2. The molecular weight excluding hydrogens is 360 g/mol. The molecule has 2 N–H and O–H groups in total. The van der Waals surface area contributed by atoms with Crippen LogP contribution in [0.4, 0.5) is 5.69 Å². The Morgan fingerprint density at radius 1 is 1.00 bits per heavy atom. The van der Waals surface area contributed by atoms with Crippen molar-refractivity contribution in [3.63, 3.8) is 0 Å². The summed E-state index contributed by atoms with van der Waals surface area (Å²) in [6.07, 6.45) is 5.19. The second-order valence-electron chi connectivity index (χ2n) is 7.55. The van der Waals surface area contributed by atoms with E-state index in [1.54, 1.807) is 18.2 Å². The van der Waals surface area contributed by atoms with E-state index in [1.807, 2.05) is 18.2 Å². The molecule has 1 aliphatic carbocycles. The van der Waals surface area contributed by atoms with E-state index in [0.717, 1.165) is 31.2 Å². The van der Waals surface area contributed by atoms with E-state index in [4.69, 9.17) is 0 Å². The normalized spacial score (nSPS) is 18.7. The van der Waals surface area contributed by atoms with Crippen molar-refractivity contribution in [2.24, 2.45) is 0 Å². The molecule has 27 heavy (non-hydrogen) atoms. The van der Waals surface area contributed by atoms with E-state index in [2.05, 4.69) is 22.2 Å². The number of aryl methyl sites for hydroxylation is 1. The molecule has 5 nitrogen and oxygen atoms in total. The maximum Gasteiger partial charge on any atom is 0.240 e.